The van der Waals surface area contributed by atoms with Gasteiger partial charge in [-0.2, -0.15) is 5.10 Å². The number of rotatable bonds is 4. The summed E-state index contributed by atoms with van der Waals surface area (Å²) in [7, 11) is 0. The monoisotopic (exact) mass is 430 g/mol. The van der Waals surface area contributed by atoms with Crippen molar-refractivity contribution >= 4 is 11.6 Å². The lowest BCUT2D eigenvalue weighted by atomic mass is 10.1. The van der Waals surface area contributed by atoms with Crippen LogP contribution in [0.5, 0.6) is 0 Å². The molecule has 2 atom stereocenters. The zero-order chi connectivity index (χ0) is 21.8. The molecular formula is C25H30N6O. The number of carbonyl (C=O) groups excluding carboxylic acids is 1. The van der Waals surface area contributed by atoms with E-state index < -0.39 is 0 Å². The third-order valence-electron chi connectivity index (χ3n) is 6.70. The lowest BCUT2D eigenvalue weighted by Crippen LogP contribution is -2.45. The minimum Gasteiger partial charge on any atom is -0.385 e. The number of hydrogen-bond acceptors (Lipinski definition) is 5. The average Bonchev–Trinajstić information content (AvgIpc) is 3.44. The van der Waals surface area contributed by atoms with Gasteiger partial charge in [-0.1, -0.05) is 48.5 Å². The van der Waals surface area contributed by atoms with Crippen molar-refractivity contribution in [3.05, 3.63) is 78.4 Å². The molecule has 5 rings (SSSR count). The highest BCUT2D eigenvalue weighted by Crippen LogP contribution is 2.31. The highest BCUT2D eigenvalue weighted by atomic mass is 16.2. The summed E-state index contributed by atoms with van der Waals surface area (Å²) < 4.78 is 1.61. The van der Waals surface area contributed by atoms with Crippen molar-refractivity contribution in [2.75, 3.05) is 18.4 Å². The predicted molar refractivity (Wildman–Crippen MR) is 124 cm³/mol. The fraction of sp³-hybridized carbons (Fsp3) is 0.400. The van der Waals surface area contributed by atoms with Gasteiger partial charge in [-0.05, 0) is 36.5 Å². The summed E-state index contributed by atoms with van der Waals surface area (Å²) in [5.74, 6) is 0.0765. The zero-order valence-corrected chi connectivity index (χ0v) is 18.3. The van der Waals surface area contributed by atoms with Crippen molar-refractivity contribution in [3.63, 3.8) is 0 Å². The quantitative estimate of drug-likeness (QED) is 0.689. The molecule has 32 heavy (non-hydrogen) atoms. The molecule has 0 spiro atoms. The number of nitrogens with zero attached hydrogens (tertiary/aromatic N) is 5. The van der Waals surface area contributed by atoms with Crippen LogP contribution in [0.3, 0.4) is 0 Å². The van der Waals surface area contributed by atoms with E-state index in [1.807, 2.05) is 11.0 Å². The van der Waals surface area contributed by atoms with Crippen LogP contribution in [0.1, 0.15) is 30.4 Å². The van der Waals surface area contributed by atoms with Crippen LogP contribution in [0.25, 0.3) is 0 Å². The number of aromatic nitrogens is 3. The Morgan fingerprint density at radius 3 is 2.66 bits per heavy atom. The van der Waals surface area contributed by atoms with Gasteiger partial charge in [0.15, 0.2) is 0 Å². The number of amides is 1. The van der Waals surface area contributed by atoms with E-state index in [0.717, 1.165) is 43.7 Å². The van der Waals surface area contributed by atoms with Crippen LogP contribution in [0.4, 0.5) is 5.69 Å². The summed E-state index contributed by atoms with van der Waals surface area (Å²) in [4.78, 5) is 22.0. The minimum absolute atomic E-state index is 0.0765. The second-order valence-electron chi connectivity index (χ2n) is 8.78. The van der Waals surface area contributed by atoms with Gasteiger partial charge < -0.3 is 10.2 Å². The molecule has 7 nitrogen and oxygen atoms in total. The first-order valence-electron chi connectivity index (χ1n) is 11.5. The Morgan fingerprint density at radius 2 is 1.81 bits per heavy atom. The number of hydrogen-bond donors (Lipinski definition) is 1. The molecule has 1 fully saturated rings. The molecule has 0 unspecified atom stereocenters. The summed E-state index contributed by atoms with van der Waals surface area (Å²) in [6.07, 6.45) is 6.47. The summed E-state index contributed by atoms with van der Waals surface area (Å²) >= 11 is 0. The second kappa shape index (κ2) is 9.53. The SMILES string of the molecule is O=C(Cn1cncn1)N1Cc2ccccc2NCC[C@@H]2CC[C@H](C1)N2Cc1ccccc1. The molecule has 2 aliphatic rings. The number of para-hydroxylation sites is 1. The summed E-state index contributed by atoms with van der Waals surface area (Å²) in [6.45, 7) is 3.40. The molecule has 0 radical (unpaired) electrons. The predicted octanol–water partition coefficient (Wildman–Crippen LogP) is 3.16. The molecule has 166 valence electrons. The highest BCUT2D eigenvalue weighted by Gasteiger charge is 2.35. The molecular weight excluding hydrogens is 400 g/mol. The van der Waals surface area contributed by atoms with E-state index in [-0.39, 0.29) is 12.5 Å². The van der Waals surface area contributed by atoms with Gasteiger partial charge in [0, 0.05) is 44.0 Å². The van der Waals surface area contributed by atoms with Crippen molar-refractivity contribution < 1.29 is 4.79 Å². The average molecular weight is 431 g/mol. The van der Waals surface area contributed by atoms with E-state index in [1.54, 1.807) is 11.0 Å². The first kappa shape index (κ1) is 20.7. The first-order valence-corrected chi connectivity index (χ1v) is 11.5. The van der Waals surface area contributed by atoms with Crippen LogP contribution >= 0.6 is 0 Å². The molecule has 2 aliphatic heterocycles. The van der Waals surface area contributed by atoms with Gasteiger partial charge in [0.1, 0.15) is 19.2 Å². The second-order valence-corrected chi connectivity index (χ2v) is 8.78. The van der Waals surface area contributed by atoms with Crippen LogP contribution in [0.15, 0.2) is 67.3 Å². The highest BCUT2D eigenvalue weighted by molar-refractivity contribution is 5.76. The van der Waals surface area contributed by atoms with Crippen LogP contribution in [-0.2, 0) is 24.4 Å². The maximum absolute atomic E-state index is 13.4. The molecule has 1 aromatic heterocycles. The van der Waals surface area contributed by atoms with Crippen LogP contribution in [0, 0.1) is 0 Å². The third kappa shape index (κ3) is 4.67. The minimum atomic E-state index is 0.0765. The van der Waals surface area contributed by atoms with E-state index in [0.29, 0.717) is 18.6 Å². The van der Waals surface area contributed by atoms with Crippen molar-refractivity contribution in [2.24, 2.45) is 0 Å². The molecule has 0 saturated carbocycles. The smallest absolute Gasteiger partial charge is 0.244 e. The number of fused-ring (bicyclic) bond motifs is 3. The third-order valence-corrected chi connectivity index (χ3v) is 6.70. The fourth-order valence-corrected chi connectivity index (χ4v) is 5.04. The fourth-order valence-electron chi connectivity index (χ4n) is 5.04. The Balaban J connectivity index is 1.43. The summed E-state index contributed by atoms with van der Waals surface area (Å²) in [6, 6.07) is 19.9. The molecule has 3 aromatic rings. The molecule has 3 heterocycles. The normalized spacial score (nSPS) is 21.4. The van der Waals surface area contributed by atoms with Gasteiger partial charge in [-0.3, -0.25) is 9.69 Å². The van der Waals surface area contributed by atoms with E-state index in [1.165, 1.54) is 18.3 Å². The van der Waals surface area contributed by atoms with E-state index >= 15 is 0 Å². The number of carbonyl (C=O) groups is 1. The molecule has 1 amide bonds. The van der Waals surface area contributed by atoms with Crippen LogP contribution in [-0.4, -0.2) is 55.6 Å². The lowest BCUT2D eigenvalue weighted by molar-refractivity contribution is -0.133. The Kier molecular flexibility index (Phi) is 6.16. The standard InChI is InChI=1S/C25H30N6O/c32-25(17-30-19-26-18-28-30)29-15-21-8-4-5-9-24(21)27-13-12-22-10-11-23(16-29)31(22)14-20-6-2-1-3-7-20/h1-9,18-19,22-23,27H,10-17H2/t22-,23+/m0/s1. The number of anilines is 1. The molecule has 0 aliphatic carbocycles. The first-order chi connectivity index (χ1) is 15.8. The Morgan fingerprint density at radius 1 is 1.00 bits per heavy atom. The maximum atomic E-state index is 13.4. The van der Waals surface area contributed by atoms with Gasteiger partial charge in [0.05, 0.1) is 0 Å². The van der Waals surface area contributed by atoms with Gasteiger partial charge in [-0.15, -0.1) is 0 Å². The zero-order valence-electron chi connectivity index (χ0n) is 18.3. The van der Waals surface area contributed by atoms with Crippen molar-refractivity contribution in [2.45, 2.75) is 51.0 Å². The van der Waals surface area contributed by atoms with Crippen molar-refractivity contribution in [3.8, 4) is 0 Å². The summed E-state index contributed by atoms with van der Waals surface area (Å²) in [5.41, 5.74) is 3.61. The Bertz CT molecular complexity index is 1020. The largest absolute Gasteiger partial charge is 0.385 e. The molecule has 7 heteroatoms. The van der Waals surface area contributed by atoms with Gasteiger partial charge >= 0.3 is 0 Å². The van der Waals surface area contributed by atoms with E-state index in [4.69, 9.17) is 0 Å². The van der Waals surface area contributed by atoms with Gasteiger partial charge in [0.25, 0.3) is 0 Å². The van der Waals surface area contributed by atoms with Crippen molar-refractivity contribution in [1.29, 1.82) is 0 Å². The maximum Gasteiger partial charge on any atom is 0.244 e. The summed E-state index contributed by atoms with van der Waals surface area (Å²) in [5, 5.41) is 7.78. The van der Waals surface area contributed by atoms with Gasteiger partial charge in [-0.25, -0.2) is 9.67 Å². The number of nitrogens with one attached hydrogen (secondary N) is 1. The molecule has 1 N–H and O–H groups in total. The molecule has 1 saturated heterocycles. The van der Waals surface area contributed by atoms with Crippen molar-refractivity contribution in [1.82, 2.24) is 24.6 Å². The van der Waals surface area contributed by atoms with Gasteiger partial charge in [0.2, 0.25) is 5.91 Å². The van der Waals surface area contributed by atoms with Crippen LogP contribution < -0.4 is 5.32 Å². The number of benzene rings is 2. The topological polar surface area (TPSA) is 66.3 Å². The van der Waals surface area contributed by atoms with Crippen LogP contribution in [0.2, 0.25) is 0 Å². The Labute approximate surface area is 189 Å². The Hall–Kier alpha value is -3.19. The lowest BCUT2D eigenvalue weighted by Gasteiger charge is -2.34. The van der Waals surface area contributed by atoms with E-state index in [2.05, 4.69) is 68.8 Å². The molecule has 2 aromatic carbocycles. The van der Waals surface area contributed by atoms with E-state index in [9.17, 15) is 4.79 Å². The molecule has 2 bridgehead atoms.